The number of hydrogen-bond donors (Lipinski definition) is 0. The minimum absolute atomic E-state index is 0.147. The van der Waals surface area contributed by atoms with Gasteiger partial charge in [0.15, 0.2) is 0 Å². The van der Waals surface area contributed by atoms with Crippen LogP contribution in [-0.4, -0.2) is 34.0 Å². The number of para-hydroxylation sites is 2. The van der Waals surface area contributed by atoms with Gasteiger partial charge in [0.25, 0.3) is 5.91 Å². The number of hydrogen-bond acceptors (Lipinski definition) is 4. The highest BCUT2D eigenvalue weighted by atomic mass is 35.5. The van der Waals surface area contributed by atoms with Gasteiger partial charge in [-0.2, -0.15) is 0 Å². The first-order valence-electron chi connectivity index (χ1n) is 9.40. The zero-order valence-electron chi connectivity index (χ0n) is 15.4. The highest BCUT2D eigenvalue weighted by Crippen LogP contribution is 2.35. The number of carbonyl (C=O) groups is 2. The topological polar surface area (TPSA) is 58.4 Å². The molecule has 0 saturated carbocycles. The molecule has 5 rings (SSSR count). The molecular weight excluding hydrogens is 376 g/mol. The van der Waals surface area contributed by atoms with Crippen LogP contribution in [0.25, 0.3) is 11.0 Å². The maximum Gasteiger partial charge on any atom is 0.257 e. The number of aromatic nitrogens is 2. The molecule has 2 aliphatic rings. The summed E-state index contributed by atoms with van der Waals surface area (Å²) in [5.74, 6) is 0.354. The largest absolute Gasteiger partial charge is 0.330 e. The Labute approximate surface area is 167 Å². The van der Waals surface area contributed by atoms with E-state index in [2.05, 4.69) is 4.57 Å². The number of aryl methyl sites for hydroxylation is 1. The van der Waals surface area contributed by atoms with Crippen LogP contribution in [0.1, 0.15) is 18.4 Å². The number of benzene rings is 2. The summed E-state index contributed by atoms with van der Waals surface area (Å²) in [4.78, 5) is 34.1. The van der Waals surface area contributed by atoms with E-state index in [1.807, 2.05) is 36.1 Å². The van der Waals surface area contributed by atoms with E-state index in [4.69, 9.17) is 16.6 Å². The lowest BCUT2D eigenvalue weighted by Gasteiger charge is -2.32. The van der Waals surface area contributed by atoms with Gasteiger partial charge in [0, 0.05) is 18.1 Å². The number of nitrogens with zero attached hydrogens (tertiary/aromatic N) is 4. The van der Waals surface area contributed by atoms with Crippen molar-refractivity contribution >= 4 is 46.1 Å². The fourth-order valence-corrected chi connectivity index (χ4v) is 4.42. The molecule has 1 atom stereocenters. The maximum absolute atomic E-state index is 13.3. The van der Waals surface area contributed by atoms with Crippen LogP contribution in [0.5, 0.6) is 0 Å². The summed E-state index contributed by atoms with van der Waals surface area (Å²) in [6.07, 6.45) is 1.05. The molecule has 0 N–H and O–H groups in total. The van der Waals surface area contributed by atoms with Crippen LogP contribution in [0.3, 0.4) is 0 Å². The predicted molar refractivity (Wildman–Crippen MR) is 109 cm³/mol. The average molecular weight is 395 g/mol. The first kappa shape index (κ1) is 17.3. The molecule has 1 fully saturated rings. The minimum Gasteiger partial charge on any atom is -0.330 e. The first-order chi connectivity index (χ1) is 13.6. The van der Waals surface area contributed by atoms with Crippen LogP contribution in [-0.2, 0) is 16.1 Å². The van der Waals surface area contributed by atoms with E-state index in [1.165, 1.54) is 4.90 Å². The third kappa shape index (κ3) is 2.44. The second-order valence-corrected chi connectivity index (χ2v) is 7.68. The van der Waals surface area contributed by atoms with Crippen LogP contribution in [0.2, 0.25) is 5.02 Å². The number of fused-ring (bicyclic) bond motifs is 3. The molecule has 1 aromatic heterocycles. The number of halogens is 1. The van der Waals surface area contributed by atoms with E-state index in [0.29, 0.717) is 17.3 Å². The molecule has 3 heterocycles. The van der Waals surface area contributed by atoms with Gasteiger partial charge in [-0.05, 0) is 43.2 Å². The normalized spacial score (nSPS) is 19.6. The monoisotopic (exact) mass is 394 g/mol. The van der Waals surface area contributed by atoms with Gasteiger partial charge in [-0.1, -0.05) is 29.8 Å². The van der Waals surface area contributed by atoms with E-state index in [0.717, 1.165) is 35.5 Å². The van der Waals surface area contributed by atoms with E-state index in [1.54, 1.807) is 18.2 Å². The Hall–Kier alpha value is -2.86. The highest BCUT2D eigenvalue weighted by Gasteiger charge is 2.45. The molecule has 28 heavy (non-hydrogen) atoms. The van der Waals surface area contributed by atoms with Crippen LogP contribution in [0, 0.1) is 6.92 Å². The zero-order chi connectivity index (χ0) is 19.4. The van der Waals surface area contributed by atoms with Crippen molar-refractivity contribution in [2.24, 2.45) is 0 Å². The summed E-state index contributed by atoms with van der Waals surface area (Å²) >= 11 is 6.21. The molecule has 2 aromatic carbocycles. The van der Waals surface area contributed by atoms with Crippen LogP contribution in [0.15, 0.2) is 42.5 Å². The molecule has 0 aliphatic carbocycles. The lowest BCUT2D eigenvalue weighted by Crippen LogP contribution is -2.46. The first-order valence-corrected chi connectivity index (χ1v) is 9.78. The molecule has 1 unspecified atom stereocenters. The van der Waals surface area contributed by atoms with Crippen molar-refractivity contribution in [2.75, 3.05) is 16.3 Å². The van der Waals surface area contributed by atoms with Crippen LogP contribution < -0.4 is 9.80 Å². The Morgan fingerprint density at radius 2 is 1.89 bits per heavy atom. The number of imide groups is 1. The molecule has 3 aromatic rings. The van der Waals surface area contributed by atoms with E-state index in [9.17, 15) is 9.59 Å². The zero-order valence-corrected chi connectivity index (χ0v) is 16.2. The van der Waals surface area contributed by atoms with Gasteiger partial charge in [-0.3, -0.25) is 9.59 Å². The van der Waals surface area contributed by atoms with Gasteiger partial charge in [0.1, 0.15) is 6.04 Å². The van der Waals surface area contributed by atoms with Gasteiger partial charge in [0.05, 0.1) is 23.1 Å². The summed E-state index contributed by atoms with van der Waals surface area (Å²) < 4.78 is 2.14. The van der Waals surface area contributed by atoms with Gasteiger partial charge in [-0.15, -0.1) is 0 Å². The van der Waals surface area contributed by atoms with Crippen molar-refractivity contribution in [3.8, 4) is 0 Å². The number of imidazole rings is 1. The number of amides is 2. The van der Waals surface area contributed by atoms with E-state index < -0.39 is 6.04 Å². The molecule has 142 valence electrons. The Morgan fingerprint density at radius 3 is 2.75 bits per heavy atom. The predicted octanol–water partition coefficient (Wildman–Crippen LogP) is 3.54. The molecule has 6 nitrogen and oxygen atoms in total. The molecular formula is C21H19ClN4O2. The van der Waals surface area contributed by atoms with Crippen LogP contribution >= 0.6 is 11.6 Å². The SMILES string of the molecule is Cc1c(Cl)cccc1N1C(=O)CC(N2CCCn3c2nc2ccccc23)C1=O. The molecule has 2 amide bonds. The second kappa shape index (κ2) is 6.34. The van der Waals surface area contributed by atoms with Gasteiger partial charge in [-0.25, -0.2) is 9.88 Å². The van der Waals surface area contributed by atoms with Gasteiger partial charge >= 0.3 is 0 Å². The van der Waals surface area contributed by atoms with Crippen molar-refractivity contribution in [1.82, 2.24) is 9.55 Å². The minimum atomic E-state index is -0.540. The van der Waals surface area contributed by atoms with Gasteiger partial charge < -0.3 is 9.47 Å². The number of anilines is 2. The van der Waals surface area contributed by atoms with Crippen molar-refractivity contribution in [3.05, 3.63) is 53.1 Å². The van der Waals surface area contributed by atoms with Gasteiger partial charge in [0.2, 0.25) is 11.9 Å². The lowest BCUT2D eigenvalue weighted by atomic mass is 10.1. The number of carbonyl (C=O) groups excluding carboxylic acids is 2. The molecule has 1 saturated heterocycles. The quantitative estimate of drug-likeness (QED) is 0.624. The fraction of sp³-hybridized carbons (Fsp3) is 0.286. The van der Waals surface area contributed by atoms with E-state index in [-0.39, 0.29) is 18.2 Å². The standard InChI is InChI=1S/C21H19ClN4O2/c1-13-14(22)6-4-9-16(13)26-19(27)12-18(20(26)28)25-11-5-10-24-17-8-3-2-7-15(17)23-21(24)25/h2-4,6-9,18H,5,10-12H2,1H3. The van der Waals surface area contributed by atoms with Crippen molar-refractivity contribution in [1.29, 1.82) is 0 Å². The smallest absolute Gasteiger partial charge is 0.257 e. The average Bonchev–Trinajstić information content (AvgIpc) is 3.21. The third-order valence-electron chi connectivity index (χ3n) is 5.65. The fourth-order valence-electron chi connectivity index (χ4n) is 4.25. The highest BCUT2D eigenvalue weighted by molar-refractivity contribution is 6.32. The Balaban J connectivity index is 1.55. The molecule has 0 spiro atoms. The summed E-state index contributed by atoms with van der Waals surface area (Å²) in [6, 6.07) is 12.7. The maximum atomic E-state index is 13.3. The van der Waals surface area contributed by atoms with E-state index >= 15 is 0 Å². The second-order valence-electron chi connectivity index (χ2n) is 7.27. The summed E-state index contributed by atoms with van der Waals surface area (Å²) in [5.41, 5.74) is 3.26. The van der Waals surface area contributed by atoms with Crippen LogP contribution in [0.4, 0.5) is 11.6 Å². The molecule has 7 heteroatoms. The van der Waals surface area contributed by atoms with Crippen molar-refractivity contribution < 1.29 is 9.59 Å². The summed E-state index contributed by atoms with van der Waals surface area (Å²) in [6.45, 7) is 3.39. The molecule has 2 aliphatic heterocycles. The lowest BCUT2D eigenvalue weighted by molar-refractivity contribution is -0.121. The number of rotatable bonds is 2. The Morgan fingerprint density at radius 1 is 1.07 bits per heavy atom. The molecule has 0 bridgehead atoms. The molecule has 0 radical (unpaired) electrons. The third-order valence-corrected chi connectivity index (χ3v) is 6.06. The summed E-state index contributed by atoms with van der Waals surface area (Å²) in [7, 11) is 0. The Kier molecular flexibility index (Phi) is 3.91. The Bertz CT molecular complexity index is 1120. The van der Waals surface area contributed by atoms with Crippen molar-refractivity contribution in [2.45, 2.75) is 32.4 Å². The van der Waals surface area contributed by atoms with Crippen molar-refractivity contribution in [3.63, 3.8) is 0 Å². The summed E-state index contributed by atoms with van der Waals surface area (Å²) in [5, 5.41) is 0.543.